The van der Waals surface area contributed by atoms with E-state index in [9.17, 15) is 5.11 Å². The van der Waals surface area contributed by atoms with Crippen molar-refractivity contribution in [2.24, 2.45) is 23.7 Å². The number of fused-ring (bicyclic) bond motifs is 1. The van der Waals surface area contributed by atoms with Gasteiger partial charge in [-0.2, -0.15) is 0 Å². The van der Waals surface area contributed by atoms with Crippen LogP contribution in [0, 0.1) is 23.7 Å². The summed E-state index contributed by atoms with van der Waals surface area (Å²) in [5.74, 6) is 3.18. The van der Waals surface area contributed by atoms with Crippen molar-refractivity contribution in [2.75, 3.05) is 20.1 Å². The van der Waals surface area contributed by atoms with Crippen molar-refractivity contribution in [1.82, 2.24) is 4.90 Å². The van der Waals surface area contributed by atoms with Crippen LogP contribution in [-0.4, -0.2) is 36.2 Å². The van der Waals surface area contributed by atoms with Gasteiger partial charge in [-0.15, -0.1) is 0 Å². The van der Waals surface area contributed by atoms with Crippen LogP contribution in [0.2, 0.25) is 0 Å². The molecule has 3 rings (SSSR count). The van der Waals surface area contributed by atoms with Gasteiger partial charge in [-0.1, -0.05) is 19.3 Å². The smallest absolute Gasteiger partial charge is 0.0574 e. The molecule has 1 aliphatic heterocycles. The Kier molecular flexibility index (Phi) is 3.95. The van der Waals surface area contributed by atoms with Crippen molar-refractivity contribution in [2.45, 2.75) is 57.5 Å². The number of aliphatic hydroxyl groups excluding tert-OH is 1. The van der Waals surface area contributed by atoms with Gasteiger partial charge in [-0.25, -0.2) is 0 Å². The van der Waals surface area contributed by atoms with E-state index in [0.717, 1.165) is 24.2 Å². The average Bonchev–Trinajstić information content (AvgIpc) is 2.38. The fourth-order valence-corrected chi connectivity index (χ4v) is 5.15. The Bertz CT molecular complexity index is 280. The topological polar surface area (TPSA) is 23.5 Å². The van der Waals surface area contributed by atoms with Crippen LogP contribution in [0.4, 0.5) is 0 Å². The number of hydrogen-bond donors (Lipinski definition) is 1. The van der Waals surface area contributed by atoms with Gasteiger partial charge in [0.05, 0.1) is 6.10 Å². The predicted molar refractivity (Wildman–Crippen MR) is 74.4 cm³/mol. The standard InChI is InChI=1S/C16H29NO/c1-17-10-4-6-13(11-17)16-14-7-3-2-5-12(14)8-9-15(16)18/h12-16,18H,2-11H2,1H3. The van der Waals surface area contributed by atoms with Crippen molar-refractivity contribution >= 4 is 0 Å². The van der Waals surface area contributed by atoms with Crippen molar-refractivity contribution in [1.29, 1.82) is 0 Å². The van der Waals surface area contributed by atoms with Crippen LogP contribution >= 0.6 is 0 Å². The third-order valence-electron chi connectivity index (χ3n) is 5.95. The minimum absolute atomic E-state index is 0.000787. The van der Waals surface area contributed by atoms with E-state index in [4.69, 9.17) is 0 Å². The van der Waals surface area contributed by atoms with Crippen LogP contribution in [0.15, 0.2) is 0 Å². The molecule has 1 heterocycles. The highest BCUT2D eigenvalue weighted by Gasteiger charge is 2.43. The summed E-state index contributed by atoms with van der Waals surface area (Å²) in [4.78, 5) is 2.48. The average molecular weight is 251 g/mol. The quantitative estimate of drug-likeness (QED) is 0.774. The second-order valence-corrected chi connectivity index (χ2v) is 7.09. The molecule has 3 fully saturated rings. The molecule has 1 N–H and O–H groups in total. The molecule has 2 aliphatic carbocycles. The Morgan fingerprint density at radius 1 is 0.889 bits per heavy atom. The maximum Gasteiger partial charge on any atom is 0.0574 e. The monoisotopic (exact) mass is 251 g/mol. The third kappa shape index (κ3) is 2.46. The number of piperidine rings is 1. The second kappa shape index (κ2) is 5.50. The first kappa shape index (κ1) is 12.9. The molecule has 0 aromatic carbocycles. The van der Waals surface area contributed by atoms with Gasteiger partial charge in [0.15, 0.2) is 0 Å². The molecule has 0 bridgehead atoms. The van der Waals surface area contributed by atoms with Gasteiger partial charge in [-0.05, 0) is 69.4 Å². The summed E-state index contributed by atoms with van der Waals surface area (Å²) in [5, 5.41) is 10.5. The minimum Gasteiger partial charge on any atom is -0.393 e. The van der Waals surface area contributed by atoms with Gasteiger partial charge in [-0.3, -0.25) is 0 Å². The molecule has 0 aromatic rings. The summed E-state index contributed by atoms with van der Waals surface area (Å²) in [7, 11) is 2.25. The zero-order valence-corrected chi connectivity index (χ0v) is 11.9. The Labute approximate surface area is 112 Å². The predicted octanol–water partition coefficient (Wildman–Crippen LogP) is 2.91. The third-order valence-corrected chi connectivity index (χ3v) is 5.95. The number of rotatable bonds is 1. The molecule has 5 unspecified atom stereocenters. The van der Waals surface area contributed by atoms with Crippen LogP contribution < -0.4 is 0 Å². The summed E-state index contributed by atoms with van der Waals surface area (Å²) in [6.07, 6.45) is 10.7. The van der Waals surface area contributed by atoms with E-state index in [1.54, 1.807) is 0 Å². The SMILES string of the molecule is CN1CCCC(C2C(O)CCC3CCCCC32)C1. The molecule has 0 spiro atoms. The molecule has 18 heavy (non-hydrogen) atoms. The zero-order chi connectivity index (χ0) is 12.5. The molecule has 3 aliphatic rings. The van der Waals surface area contributed by atoms with Crippen molar-refractivity contribution in [3.05, 3.63) is 0 Å². The molecule has 1 saturated heterocycles. The van der Waals surface area contributed by atoms with E-state index in [-0.39, 0.29) is 6.10 Å². The number of aliphatic hydroxyl groups is 1. The van der Waals surface area contributed by atoms with Gasteiger partial charge in [0.25, 0.3) is 0 Å². The molecular weight excluding hydrogens is 222 g/mol. The van der Waals surface area contributed by atoms with Gasteiger partial charge >= 0.3 is 0 Å². The van der Waals surface area contributed by atoms with Crippen molar-refractivity contribution in [3.63, 3.8) is 0 Å². The largest absolute Gasteiger partial charge is 0.393 e. The highest BCUT2D eigenvalue weighted by Crippen LogP contribution is 2.48. The molecule has 104 valence electrons. The fraction of sp³-hybridized carbons (Fsp3) is 1.00. The number of likely N-dealkylation sites (tertiary alicyclic amines) is 1. The molecule has 0 aromatic heterocycles. The van der Waals surface area contributed by atoms with E-state index in [1.165, 1.54) is 58.0 Å². The number of nitrogens with zero attached hydrogens (tertiary/aromatic N) is 1. The fourth-order valence-electron chi connectivity index (χ4n) is 5.15. The summed E-state index contributed by atoms with van der Waals surface area (Å²) in [6, 6.07) is 0. The van der Waals surface area contributed by atoms with Crippen LogP contribution in [0.1, 0.15) is 51.4 Å². The van der Waals surface area contributed by atoms with Crippen LogP contribution in [0.25, 0.3) is 0 Å². The first-order valence-corrected chi connectivity index (χ1v) is 8.12. The van der Waals surface area contributed by atoms with Crippen molar-refractivity contribution in [3.8, 4) is 0 Å². The molecule has 0 radical (unpaired) electrons. The lowest BCUT2D eigenvalue weighted by molar-refractivity contribution is -0.0572. The zero-order valence-electron chi connectivity index (χ0n) is 11.9. The maximum atomic E-state index is 10.5. The second-order valence-electron chi connectivity index (χ2n) is 7.09. The maximum absolute atomic E-state index is 10.5. The van der Waals surface area contributed by atoms with Gasteiger partial charge < -0.3 is 10.0 Å². The Morgan fingerprint density at radius 2 is 1.67 bits per heavy atom. The summed E-state index contributed by atoms with van der Waals surface area (Å²) >= 11 is 0. The van der Waals surface area contributed by atoms with E-state index in [2.05, 4.69) is 11.9 Å². The molecule has 2 nitrogen and oxygen atoms in total. The summed E-state index contributed by atoms with van der Waals surface area (Å²) in [6.45, 7) is 2.48. The minimum atomic E-state index is 0.000787. The first-order chi connectivity index (χ1) is 8.75. The first-order valence-electron chi connectivity index (χ1n) is 8.12. The number of hydrogen-bond acceptors (Lipinski definition) is 2. The highest BCUT2D eigenvalue weighted by molar-refractivity contribution is 4.94. The van der Waals surface area contributed by atoms with Gasteiger partial charge in [0.2, 0.25) is 0 Å². The van der Waals surface area contributed by atoms with Crippen LogP contribution in [0.3, 0.4) is 0 Å². The lowest BCUT2D eigenvalue weighted by Gasteiger charge is -2.49. The van der Waals surface area contributed by atoms with Gasteiger partial charge in [0.1, 0.15) is 0 Å². The van der Waals surface area contributed by atoms with Crippen LogP contribution in [-0.2, 0) is 0 Å². The summed E-state index contributed by atoms with van der Waals surface area (Å²) < 4.78 is 0. The van der Waals surface area contributed by atoms with Gasteiger partial charge in [0, 0.05) is 6.54 Å². The lowest BCUT2D eigenvalue weighted by Crippen LogP contribution is -2.47. The van der Waals surface area contributed by atoms with E-state index >= 15 is 0 Å². The molecular formula is C16H29NO. The lowest BCUT2D eigenvalue weighted by atomic mass is 9.60. The molecule has 2 heteroatoms. The molecule has 5 atom stereocenters. The molecule has 0 amide bonds. The Hall–Kier alpha value is -0.0800. The highest BCUT2D eigenvalue weighted by atomic mass is 16.3. The van der Waals surface area contributed by atoms with E-state index < -0.39 is 0 Å². The van der Waals surface area contributed by atoms with Crippen LogP contribution in [0.5, 0.6) is 0 Å². The Balaban J connectivity index is 1.73. The van der Waals surface area contributed by atoms with E-state index in [1.807, 2.05) is 0 Å². The van der Waals surface area contributed by atoms with Crippen molar-refractivity contribution < 1.29 is 5.11 Å². The Morgan fingerprint density at radius 3 is 2.50 bits per heavy atom. The van der Waals surface area contributed by atoms with E-state index in [0.29, 0.717) is 5.92 Å². The normalized spacial score (nSPS) is 46.7. The summed E-state index contributed by atoms with van der Waals surface area (Å²) in [5.41, 5.74) is 0. The molecule has 2 saturated carbocycles.